The molecule has 4 N–H and O–H groups in total. The van der Waals surface area contributed by atoms with Crippen LogP contribution in [0.1, 0.15) is 116 Å². The number of nitrogens with one attached hydrogen (secondary N) is 2. The van der Waals surface area contributed by atoms with Gasteiger partial charge in [-0.3, -0.25) is 9.59 Å². The van der Waals surface area contributed by atoms with Crippen molar-refractivity contribution in [3.63, 3.8) is 0 Å². The summed E-state index contributed by atoms with van der Waals surface area (Å²) in [5.41, 5.74) is -2.32. The van der Waals surface area contributed by atoms with Gasteiger partial charge in [-0.15, -0.1) is 0 Å². The molecule has 4 rings (SSSR count). The van der Waals surface area contributed by atoms with E-state index in [-0.39, 0.29) is 0 Å². The van der Waals surface area contributed by atoms with Crippen LogP contribution in [0.25, 0.3) is 21.5 Å². The van der Waals surface area contributed by atoms with Gasteiger partial charge in [0.2, 0.25) is 11.8 Å². The van der Waals surface area contributed by atoms with E-state index in [1.165, 1.54) is 0 Å². The smallest absolute Gasteiger partial charge is 0.235 e. The predicted octanol–water partition coefficient (Wildman–Crippen LogP) is 8.70. The lowest BCUT2D eigenvalue weighted by atomic mass is 9.79. The molecule has 2 atom stereocenters. The lowest BCUT2D eigenvalue weighted by Crippen LogP contribution is -2.55. The summed E-state index contributed by atoms with van der Waals surface area (Å²) in [7, 11) is 0. The summed E-state index contributed by atoms with van der Waals surface area (Å²) in [6.45, 7) is 11.3. The number of amides is 2. The van der Waals surface area contributed by atoms with E-state index in [1.807, 2.05) is 113 Å². The van der Waals surface area contributed by atoms with Crippen molar-refractivity contribution in [1.82, 2.24) is 10.6 Å². The van der Waals surface area contributed by atoms with Gasteiger partial charge in [0, 0.05) is 0 Å². The molecular weight excluding hydrogens is 584 g/mol. The fraction of sp³-hybridized carbons (Fsp3) is 0.463. The van der Waals surface area contributed by atoms with E-state index in [0.29, 0.717) is 25.7 Å². The van der Waals surface area contributed by atoms with Gasteiger partial charge in [-0.2, -0.15) is 0 Å². The molecule has 252 valence electrons. The summed E-state index contributed by atoms with van der Waals surface area (Å²) in [6, 6.07) is 26.6. The topological polar surface area (TPSA) is 98.7 Å². The molecule has 0 fully saturated rings. The molecule has 0 bridgehead atoms. The molecule has 6 nitrogen and oxygen atoms in total. The molecule has 0 saturated carbocycles. The fourth-order valence-electron chi connectivity index (χ4n) is 7.12. The van der Waals surface area contributed by atoms with Crippen LogP contribution < -0.4 is 10.6 Å². The van der Waals surface area contributed by atoms with Crippen molar-refractivity contribution in [3.8, 4) is 0 Å². The van der Waals surface area contributed by atoms with Crippen LogP contribution in [-0.2, 0) is 9.59 Å². The van der Waals surface area contributed by atoms with Crippen LogP contribution in [0.15, 0.2) is 84.9 Å². The predicted molar refractivity (Wildman–Crippen MR) is 193 cm³/mol. The van der Waals surface area contributed by atoms with E-state index in [0.717, 1.165) is 58.4 Å². The largest absolute Gasteiger partial charge is 0.387 e. The van der Waals surface area contributed by atoms with E-state index >= 15 is 0 Å². The van der Waals surface area contributed by atoms with Crippen molar-refractivity contribution in [3.05, 3.63) is 96.1 Å². The summed E-state index contributed by atoms with van der Waals surface area (Å²) in [4.78, 5) is 28.5. The normalized spacial score (nSPS) is 13.8. The van der Waals surface area contributed by atoms with Crippen LogP contribution in [0, 0.1) is 5.41 Å². The highest BCUT2D eigenvalue weighted by atomic mass is 16.3. The molecule has 0 radical (unpaired) electrons. The van der Waals surface area contributed by atoms with Gasteiger partial charge in [-0.05, 0) is 84.3 Å². The van der Waals surface area contributed by atoms with Crippen molar-refractivity contribution in [1.29, 1.82) is 0 Å². The van der Waals surface area contributed by atoms with Crippen LogP contribution in [0.2, 0.25) is 0 Å². The number of carbonyl (C=O) groups is 2. The SMILES string of the molecule is CCCC(O)(CCC)C(NC(=O)C(C)(C)C(=O)NC(c1ccc2ccccc2c1)C(O)(CCC)CCC)c1ccc2ccccc2c1. The van der Waals surface area contributed by atoms with Crippen molar-refractivity contribution in [2.45, 2.75) is 116 Å². The monoisotopic (exact) mass is 638 g/mol. The Bertz CT molecular complexity index is 1530. The number of hydrogen-bond acceptors (Lipinski definition) is 4. The van der Waals surface area contributed by atoms with Crippen molar-refractivity contribution in [2.75, 3.05) is 0 Å². The number of aliphatic hydroxyl groups is 2. The molecule has 0 aliphatic heterocycles. The first-order chi connectivity index (χ1) is 22.4. The molecule has 0 saturated heterocycles. The van der Waals surface area contributed by atoms with Gasteiger partial charge in [0.15, 0.2) is 0 Å². The third-order valence-electron chi connectivity index (χ3n) is 9.71. The van der Waals surface area contributed by atoms with Crippen molar-refractivity contribution >= 4 is 33.4 Å². The summed E-state index contributed by atoms with van der Waals surface area (Å²) in [5, 5.41) is 34.7. The van der Waals surface area contributed by atoms with Crippen LogP contribution in [0.3, 0.4) is 0 Å². The second-order valence-corrected chi connectivity index (χ2v) is 13.9. The van der Waals surface area contributed by atoms with Gasteiger partial charge in [0.1, 0.15) is 5.41 Å². The molecule has 0 heterocycles. The van der Waals surface area contributed by atoms with Gasteiger partial charge >= 0.3 is 0 Å². The van der Waals surface area contributed by atoms with Crippen LogP contribution in [0.4, 0.5) is 0 Å². The zero-order chi connectivity index (χ0) is 34.2. The Balaban J connectivity index is 1.71. The highest BCUT2D eigenvalue weighted by Gasteiger charge is 2.45. The zero-order valence-electron chi connectivity index (χ0n) is 29.1. The summed E-state index contributed by atoms with van der Waals surface area (Å²) in [6.07, 6.45) is 4.93. The third kappa shape index (κ3) is 8.05. The molecule has 0 spiro atoms. The quantitative estimate of drug-likeness (QED) is 0.0923. The first kappa shape index (κ1) is 36.1. The maximum absolute atomic E-state index is 14.3. The molecule has 2 unspecified atom stereocenters. The molecule has 47 heavy (non-hydrogen) atoms. The van der Waals surface area contributed by atoms with Crippen LogP contribution in [-0.4, -0.2) is 33.2 Å². The lowest BCUT2D eigenvalue weighted by Gasteiger charge is -2.40. The molecule has 4 aromatic carbocycles. The van der Waals surface area contributed by atoms with Crippen LogP contribution >= 0.6 is 0 Å². The van der Waals surface area contributed by atoms with Crippen molar-refractivity contribution in [2.24, 2.45) is 5.41 Å². The third-order valence-corrected chi connectivity index (χ3v) is 9.71. The first-order valence-corrected chi connectivity index (χ1v) is 17.5. The number of benzene rings is 4. The summed E-state index contributed by atoms with van der Waals surface area (Å²) >= 11 is 0. The molecule has 4 aromatic rings. The number of carbonyl (C=O) groups excluding carboxylic acids is 2. The Morgan fingerprint density at radius 2 is 0.872 bits per heavy atom. The number of hydrogen-bond donors (Lipinski definition) is 4. The Kier molecular flexibility index (Phi) is 11.9. The lowest BCUT2D eigenvalue weighted by molar-refractivity contribution is -0.145. The Morgan fingerprint density at radius 1 is 0.553 bits per heavy atom. The van der Waals surface area contributed by atoms with E-state index in [4.69, 9.17) is 0 Å². The standard InChI is InChI=1S/C41H54N2O4/c1-7-23-40(46,24-8-2)35(33-21-19-29-15-11-13-17-31(29)27-33)42-37(44)39(5,6)38(45)43-36(41(47,25-9-3)26-10-4)34-22-20-30-16-12-14-18-32(30)28-34/h11-22,27-28,35-36,46-47H,7-10,23-26H2,1-6H3,(H,42,44)(H,43,45). The second-order valence-electron chi connectivity index (χ2n) is 13.9. The maximum Gasteiger partial charge on any atom is 0.235 e. The van der Waals surface area contributed by atoms with E-state index < -0.39 is 40.5 Å². The highest BCUT2D eigenvalue weighted by molar-refractivity contribution is 6.04. The molecule has 2 amide bonds. The molecule has 0 aliphatic carbocycles. The highest BCUT2D eigenvalue weighted by Crippen LogP contribution is 2.38. The fourth-order valence-corrected chi connectivity index (χ4v) is 7.12. The van der Waals surface area contributed by atoms with Crippen molar-refractivity contribution < 1.29 is 19.8 Å². The maximum atomic E-state index is 14.3. The van der Waals surface area contributed by atoms with Gasteiger partial charge in [0.25, 0.3) is 0 Å². The summed E-state index contributed by atoms with van der Waals surface area (Å²) < 4.78 is 0. The average Bonchev–Trinajstić information content (AvgIpc) is 3.05. The van der Waals surface area contributed by atoms with E-state index in [9.17, 15) is 19.8 Å². The van der Waals surface area contributed by atoms with Gasteiger partial charge in [-0.1, -0.05) is 126 Å². The molecular formula is C41H54N2O4. The molecule has 0 aliphatic rings. The number of fused-ring (bicyclic) bond motifs is 2. The van der Waals surface area contributed by atoms with Gasteiger partial charge in [-0.25, -0.2) is 0 Å². The van der Waals surface area contributed by atoms with E-state index in [1.54, 1.807) is 13.8 Å². The average molecular weight is 639 g/mol. The minimum absolute atomic E-state index is 0.481. The first-order valence-electron chi connectivity index (χ1n) is 17.5. The minimum Gasteiger partial charge on any atom is -0.387 e. The Morgan fingerprint density at radius 3 is 1.19 bits per heavy atom. The summed E-state index contributed by atoms with van der Waals surface area (Å²) in [5.74, 6) is -0.962. The zero-order valence-corrected chi connectivity index (χ0v) is 29.1. The minimum atomic E-state index is -1.51. The second kappa shape index (κ2) is 15.4. The van der Waals surface area contributed by atoms with E-state index in [2.05, 4.69) is 10.6 Å². The van der Waals surface area contributed by atoms with Crippen LogP contribution in [0.5, 0.6) is 0 Å². The molecule has 6 heteroatoms. The Hall–Kier alpha value is -3.74. The number of rotatable bonds is 16. The van der Waals surface area contributed by atoms with Gasteiger partial charge in [0.05, 0.1) is 23.3 Å². The Labute approximate surface area is 281 Å². The van der Waals surface area contributed by atoms with Gasteiger partial charge < -0.3 is 20.8 Å². The molecule has 0 aromatic heterocycles.